The topological polar surface area (TPSA) is 67.6 Å². The highest BCUT2D eigenvalue weighted by Gasteiger charge is 2.15. The van der Waals surface area contributed by atoms with Gasteiger partial charge in [-0.05, 0) is 25.0 Å². The minimum Gasteiger partial charge on any atom is -0.382 e. The quantitative estimate of drug-likeness (QED) is 0.893. The molecule has 0 fully saturated rings. The van der Waals surface area contributed by atoms with E-state index in [0.717, 1.165) is 30.6 Å². The van der Waals surface area contributed by atoms with E-state index in [1.165, 1.54) is 0 Å². The summed E-state index contributed by atoms with van der Waals surface area (Å²) in [6.45, 7) is 2.11. The van der Waals surface area contributed by atoms with Crippen LogP contribution in [0.3, 0.4) is 0 Å². The lowest BCUT2D eigenvalue weighted by molar-refractivity contribution is 0.752. The molecule has 0 saturated heterocycles. The highest BCUT2D eigenvalue weighted by Crippen LogP contribution is 2.21. The maximum absolute atomic E-state index is 9.18. The molecule has 0 aliphatic carbocycles. The van der Waals surface area contributed by atoms with Gasteiger partial charge in [-0.2, -0.15) is 10.4 Å². The Labute approximate surface area is 107 Å². The van der Waals surface area contributed by atoms with Gasteiger partial charge in [0.05, 0.1) is 11.4 Å². The van der Waals surface area contributed by atoms with Crippen LogP contribution >= 0.6 is 0 Å². The zero-order chi connectivity index (χ0) is 13.0. The van der Waals surface area contributed by atoms with Crippen LogP contribution in [0.15, 0.2) is 30.3 Å². The summed E-state index contributed by atoms with van der Waals surface area (Å²) < 4.78 is 1.64. The van der Waals surface area contributed by atoms with Crippen molar-refractivity contribution in [1.29, 1.82) is 5.26 Å². The minimum atomic E-state index is 0.426. The first-order chi connectivity index (χ1) is 8.77. The van der Waals surface area contributed by atoms with Crippen LogP contribution in [0.25, 0.3) is 5.69 Å². The Morgan fingerprint density at radius 2 is 2.06 bits per heavy atom. The van der Waals surface area contributed by atoms with Crippen LogP contribution in [0.4, 0.5) is 5.82 Å². The van der Waals surface area contributed by atoms with Crippen molar-refractivity contribution in [2.45, 2.75) is 26.2 Å². The summed E-state index contributed by atoms with van der Waals surface area (Å²) in [7, 11) is 0. The number of hydrogen-bond donors (Lipinski definition) is 1. The smallest absolute Gasteiger partial charge is 0.145 e. The zero-order valence-corrected chi connectivity index (χ0v) is 10.4. The van der Waals surface area contributed by atoms with Crippen LogP contribution in [-0.2, 0) is 6.42 Å². The molecule has 1 aromatic heterocycles. The lowest BCUT2D eigenvalue weighted by Gasteiger charge is -2.02. The standard InChI is InChI=1S/C14H16N4/c1-2-3-9-13-12(10-15)14(16)18(17-13)11-7-5-4-6-8-11/h4-8H,2-3,9,16H2,1H3. The number of nitrogens with zero attached hydrogens (tertiary/aromatic N) is 3. The van der Waals surface area contributed by atoms with Gasteiger partial charge in [-0.15, -0.1) is 0 Å². The molecule has 4 heteroatoms. The van der Waals surface area contributed by atoms with Gasteiger partial charge in [0, 0.05) is 0 Å². The number of unbranched alkanes of at least 4 members (excludes halogenated alkanes) is 1. The largest absolute Gasteiger partial charge is 0.382 e. The fourth-order valence-corrected chi connectivity index (χ4v) is 1.89. The van der Waals surface area contributed by atoms with Gasteiger partial charge in [-0.1, -0.05) is 31.5 Å². The number of nitrogens with two attached hydrogens (primary N) is 1. The van der Waals surface area contributed by atoms with E-state index in [0.29, 0.717) is 11.4 Å². The Morgan fingerprint density at radius 3 is 2.67 bits per heavy atom. The molecular weight excluding hydrogens is 224 g/mol. The summed E-state index contributed by atoms with van der Waals surface area (Å²) in [5.41, 5.74) is 8.18. The fraction of sp³-hybridized carbons (Fsp3) is 0.286. The third-order valence-electron chi connectivity index (χ3n) is 2.87. The average molecular weight is 240 g/mol. The van der Waals surface area contributed by atoms with Gasteiger partial charge in [0.2, 0.25) is 0 Å². The molecule has 0 aliphatic rings. The molecule has 0 aliphatic heterocycles. The van der Waals surface area contributed by atoms with E-state index in [9.17, 15) is 5.26 Å². The summed E-state index contributed by atoms with van der Waals surface area (Å²) in [6.07, 6.45) is 2.88. The van der Waals surface area contributed by atoms with Crippen LogP contribution in [0.5, 0.6) is 0 Å². The Bertz CT molecular complexity index is 563. The first-order valence-corrected chi connectivity index (χ1v) is 6.10. The SMILES string of the molecule is CCCCc1nn(-c2ccccc2)c(N)c1C#N. The summed E-state index contributed by atoms with van der Waals surface area (Å²) in [4.78, 5) is 0. The van der Waals surface area contributed by atoms with E-state index in [4.69, 9.17) is 5.73 Å². The molecule has 2 aromatic rings. The predicted octanol–water partition coefficient (Wildman–Crippen LogP) is 2.67. The van der Waals surface area contributed by atoms with Crippen molar-refractivity contribution in [3.63, 3.8) is 0 Å². The normalized spacial score (nSPS) is 10.2. The average Bonchev–Trinajstić information content (AvgIpc) is 2.73. The molecule has 4 nitrogen and oxygen atoms in total. The van der Waals surface area contributed by atoms with Gasteiger partial charge in [-0.25, -0.2) is 4.68 Å². The molecule has 2 N–H and O–H groups in total. The van der Waals surface area contributed by atoms with Gasteiger partial charge in [-0.3, -0.25) is 0 Å². The first kappa shape index (κ1) is 12.2. The number of benzene rings is 1. The van der Waals surface area contributed by atoms with E-state index >= 15 is 0 Å². The van der Waals surface area contributed by atoms with Crippen molar-refractivity contribution in [3.8, 4) is 11.8 Å². The third kappa shape index (κ3) is 2.21. The number of hydrogen-bond acceptors (Lipinski definition) is 3. The Kier molecular flexibility index (Phi) is 3.63. The van der Waals surface area contributed by atoms with Gasteiger partial charge < -0.3 is 5.73 Å². The molecule has 18 heavy (non-hydrogen) atoms. The molecule has 0 radical (unpaired) electrons. The number of nitriles is 1. The minimum absolute atomic E-state index is 0.426. The fourth-order valence-electron chi connectivity index (χ4n) is 1.89. The predicted molar refractivity (Wildman–Crippen MR) is 71.3 cm³/mol. The van der Waals surface area contributed by atoms with E-state index in [1.807, 2.05) is 30.3 Å². The van der Waals surface area contributed by atoms with Crippen molar-refractivity contribution < 1.29 is 0 Å². The second-order valence-corrected chi connectivity index (χ2v) is 4.17. The summed E-state index contributed by atoms with van der Waals surface area (Å²) in [6, 6.07) is 11.8. The van der Waals surface area contributed by atoms with Crippen molar-refractivity contribution >= 4 is 5.82 Å². The lowest BCUT2D eigenvalue weighted by Crippen LogP contribution is -2.02. The maximum Gasteiger partial charge on any atom is 0.145 e. The molecular formula is C14H16N4. The zero-order valence-electron chi connectivity index (χ0n) is 10.4. The number of nitrogen functional groups attached to an aromatic ring is 1. The molecule has 0 saturated carbocycles. The van der Waals surface area contributed by atoms with Gasteiger partial charge in [0.25, 0.3) is 0 Å². The van der Waals surface area contributed by atoms with E-state index < -0.39 is 0 Å². The molecule has 1 heterocycles. The highest BCUT2D eigenvalue weighted by molar-refractivity contribution is 5.56. The summed E-state index contributed by atoms with van der Waals surface area (Å²) >= 11 is 0. The number of aryl methyl sites for hydroxylation is 1. The number of anilines is 1. The lowest BCUT2D eigenvalue weighted by atomic mass is 10.1. The summed E-state index contributed by atoms with van der Waals surface area (Å²) in [5, 5.41) is 13.6. The molecule has 0 bridgehead atoms. The van der Waals surface area contributed by atoms with Crippen LogP contribution in [0.1, 0.15) is 31.0 Å². The van der Waals surface area contributed by atoms with Gasteiger partial charge >= 0.3 is 0 Å². The molecule has 1 aromatic carbocycles. The Morgan fingerprint density at radius 1 is 1.33 bits per heavy atom. The second-order valence-electron chi connectivity index (χ2n) is 4.17. The van der Waals surface area contributed by atoms with Gasteiger partial charge in [0.15, 0.2) is 0 Å². The number of rotatable bonds is 4. The molecule has 2 rings (SSSR count). The molecule has 0 amide bonds. The van der Waals surface area contributed by atoms with Crippen LogP contribution in [0, 0.1) is 11.3 Å². The van der Waals surface area contributed by atoms with Crippen LogP contribution in [-0.4, -0.2) is 9.78 Å². The highest BCUT2D eigenvalue weighted by atomic mass is 15.3. The van der Waals surface area contributed by atoms with Crippen molar-refractivity contribution in [1.82, 2.24) is 9.78 Å². The third-order valence-corrected chi connectivity index (χ3v) is 2.87. The van der Waals surface area contributed by atoms with E-state index in [-0.39, 0.29) is 0 Å². The van der Waals surface area contributed by atoms with E-state index in [1.54, 1.807) is 4.68 Å². The molecule has 0 atom stereocenters. The Hall–Kier alpha value is -2.28. The number of para-hydroxylation sites is 1. The van der Waals surface area contributed by atoms with Gasteiger partial charge in [0.1, 0.15) is 17.5 Å². The monoisotopic (exact) mass is 240 g/mol. The Balaban J connectivity index is 2.44. The second kappa shape index (κ2) is 5.37. The first-order valence-electron chi connectivity index (χ1n) is 6.10. The maximum atomic E-state index is 9.18. The van der Waals surface area contributed by atoms with Crippen LogP contribution < -0.4 is 5.73 Å². The van der Waals surface area contributed by atoms with Crippen molar-refractivity contribution in [3.05, 3.63) is 41.6 Å². The van der Waals surface area contributed by atoms with Crippen LogP contribution in [0.2, 0.25) is 0 Å². The number of aromatic nitrogens is 2. The molecule has 92 valence electrons. The van der Waals surface area contributed by atoms with E-state index in [2.05, 4.69) is 18.1 Å². The van der Waals surface area contributed by atoms with Crippen molar-refractivity contribution in [2.75, 3.05) is 5.73 Å². The van der Waals surface area contributed by atoms with Crippen molar-refractivity contribution in [2.24, 2.45) is 0 Å². The molecule has 0 unspecified atom stereocenters. The molecule has 0 spiro atoms. The summed E-state index contributed by atoms with van der Waals surface area (Å²) in [5.74, 6) is 0.426.